The Bertz CT molecular complexity index is 732. The highest BCUT2D eigenvalue weighted by Gasteiger charge is 2.33. The molecule has 0 aliphatic carbocycles. The van der Waals surface area contributed by atoms with E-state index in [0.717, 1.165) is 17.3 Å². The van der Waals surface area contributed by atoms with Crippen LogP contribution in [-0.2, 0) is 9.59 Å². The maximum atomic E-state index is 11.9. The summed E-state index contributed by atoms with van der Waals surface area (Å²) in [6, 6.07) is 9.48. The van der Waals surface area contributed by atoms with E-state index in [9.17, 15) is 14.4 Å². The van der Waals surface area contributed by atoms with Crippen LogP contribution in [0.3, 0.4) is 0 Å². The predicted octanol–water partition coefficient (Wildman–Crippen LogP) is 1.89. The van der Waals surface area contributed by atoms with Gasteiger partial charge < -0.3 is 5.32 Å². The maximum absolute atomic E-state index is 11.9. The van der Waals surface area contributed by atoms with Crippen LogP contribution in [0, 0.1) is 0 Å². The zero-order valence-electron chi connectivity index (χ0n) is 11.1. The number of carbonyl (C=O) groups excluding carboxylic acids is 3. The van der Waals surface area contributed by atoms with Crippen molar-refractivity contribution in [3.8, 4) is 10.6 Å². The number of benzene rings is 1. The smallest absolute Gasteiger partial charge is 0.286 e. The summed E-state index contributed by atoms with van der Waals surface area (Å²) < 4.78 is 0. The second-order valence-corrected chi connectivity index (χ2v) is 6.57. The fourth-order valence-corrected chi connectivity index (χ4v) is 3.42. The van der Waals surface area contributed by atoms with E-state index in [1.54, 1.807) is 0 Å². The number of anilines is 1. The molecule has 1 aliphatic rings. The van der Waals surface area contributed by atoms with Crippen LogP contribution in [0.15, 0.2) is 30.3 Å². The fraction of sp³-hybridized carbons (Fsp3) is 0.154. The lowest BCUT2D eigenvalue weighted by Crippen LogP contribution is -2.27. The second-order valence-electron chi connectivity index (χ2n) is 4.41. The Labute approximate surface area is 133 Å². The highest BCUT2D eigenvalue weighted by molar-refractivity contribution is 8.15. The first-order chi connectivity index (χ1) is 10.6. The van der Waals surface area contributed by atoms with Crippen molar-refractivity contribution in [2.75, 3.05) is 5.32 Å². The van der Waals surface area contributed by atoms with E-state index >= 15 is 0 Å². The molecule has 3 rings (SSSR count). The summed E-state index contributed by atoms with van der Waals surface area (Å²) in [6.45, 7) is 0. The first-order valence-electron chi connectivity index (χ1n) is 6.32. The number of amides is 3. The highest BCUT2D eigenvalue weighted by Crippen LogP contribution is 2.27. The third-order valence-electron chi connectivity index (χ3n) is 2.83. The zero-order chi connectivity index (χ0) is 15.5. The van der Waals surface area contributed by atoms with Gasteiger partial charge in [0.15, 0.2) is 0 Å². The largest absolute Gasteiger partial charge is 0.300 e. The molecule has 1 aromatic heterocycles. The molecule has 0 spiro atoms. The topological polar surface area (TPSA) is 101 Å². The number of thioether (sulfide) groups is 1. The summed E-state index contributed by atoms with van der Waals surface area (Å²) in [4.78, 5) is 34.3. The minimum atomic E-state index is -0.686. The molecule has 9 heteroatoms. The molecule has 0 saturated carbocycles. The van der Waals surface area contributed by atoms with Gasteiger partial charge in [0.05, 0.1) is 0 Å². The third-order valence-corrected chi connectivity index (χ3v) is 4.70. The van der Waals surface area contributed by atoms with Gasteiger partial charge in [-0.25, -0.2) is 0 Å². The standard InChI is InChI=1S/C13H10N4O3S2/c18-9(6-8-10(19)15-13(20)21-8)14-12-17-16-11(22-12)7-4-2-1-3-5-7/h1-5,8H,6H2,(H,14,17,18)(H,15,19,20). The minimum Gasteiger partial charge on any atom is -0.300 e. The number of aromatic nitrogens is 2. The van der Waals surface area contributed by atoms with Gasteiger partial charge in [-0.2, -0.15) is 0 Å². The van der Waals surface area contributed by atoms with E-state index in [-0.39, 0.29) is 12.3 Å². The van der Waals surface area contributed by atoms with Gasteiger partial charge in [0, 0.05) is 12.0 Å². The number of carbonyl (C=O) groups is 3. The maximum Gasteiger partial charge on any atom is 0.286 e. The Morgan fingerprint density at radius 3 is 2.68 bits per heavy atom. The molecule has 7 nitrogen and oxygen atoms in total. The number of hydrogen-bond acceptors (Lipinski definition) is 7. The first-order valence-corrected chi connectivity index (χ1v) is 8.01. The fourth-order valence-electron chi connectivity index (χ4n) is 1.84. The van der Waals surface area contributed by atoms with Crippen LogP contribution in [0.2, 0.25) is 0 Å². The van der Waals surface area contributed by atoms with Gasteiger partial charge in [-0.1, -0.05) is 53.4 Å². The molecule has 112 valence electrons. The lowest BCUT2D eigenvalue weighted by molar-refractivity contribution is -0.122. The Morgan fingerprint density at radius 1 is 1.23 bits per heavy atom. The summed E-state index contributed by atoms with van der Waals surface area (Å²) >= 11 is 2.07. The molecule has 3 amide bonds. The molecular weight excluding hydrogens is 324 g/mol. The summed E-state index contributed by atoms with van der Waals surface area (Å²) in [5, 5.41) is 12.6. The van der Waals surface area contributed by atoms with Crippen LogP contribution < -0.4 is 10.6 Å². The van der Waals surface area contributed by atoms with Crippen molar-refractivity contribution in [2.24, 2.45) is 0 Å². The molecule has 1 aromatic carbocycles. The van der Waals surface area contributed by atoms with E-state index in [1.165, 1.54) is 11.3 Å². The van der Waals surface area contributed by atoms with Crippen LogP contribution in [0.1, 0.15) is 6.42 Å². The van der Waals surface area contributed by atoms with Crippen molar-refractivity contribution in [1.82, 2.24) is 15.5 Å². The normalized spacial score (nSPS) is 17.4. The van der Waals surface area contributed by atoms with E-state index < -0.39 is 16.4 Å². The van der Waals surface area contributed by atoms with Gasteiger partial charge in [-0.3, -0.25) is 19.7 Å². The van der Waals surface area contributed by atoms with Gasteiger partial charge >= 0.3 is 0 Å². The number of rotatable bonds is 4. The van der Waals surface area contributed by atoms with Crippen molar-refractivity contribution >= 4 is 45.3 Å². The molecule has 0 radical (unpaired) electrons. The Kier molecular flexibility index (Phi) is 4.16. The van der Waals surface area contributed by atoms with Gasteiger partial charge in [0.2, 0.25) is 16.9 Å². The molecule has 1 saturated heterocycles. The minimum absolute atomic E-state index is 0.0809. The number of nitrogens with zero attached hydrogens (tertiary/aromatic N) is 2. The van der Waals surface area contributed by atoms with E-state index in [0.29, 0.717) is 10.1 Å². The quantitative estimate of drug-likeness (QED) is 0.885. The van der Waals surface area contributed by atoms with Crippen LogP contribution in [0.4, 0.5) is 9.93 Å². The molecule has 2 N–H and O–H groups in total. The molecule has 0 bridgehead atoms. The average molecular weight is 334 g/mol. The summed E-state index contributed by atoms with van der Waals surface area (Å²) in [5.41, 5.74) is 0.914. The second kappa shape index (κ2) is 6.24. The molecule has 2 aromatic rings. The van der Waals surface area contributed by atoms with Gasteiger partial charge in [-0.15, -0.1) is 10.2 Å². The van der Waals surface area contributed by atoms with Crippen molar-refractivity contribution in [3.05, 3.63) is 30.3 Å². The third kappa shape index (κ3) is 3.31. The zero-order valence-corrected chi connectivity index (χ0v) is 12.7. The van der Waals surface area contributed by atoms with Crippen molar-refractivity contribution in [2.45, 2.75) is 11.7 Å². The van der Waals surface area contributed by atoms with Crippen molar-refractivity contribution in [3.63, 3.8) is 0 Å². The van der Waals surface area contributed by atoms with Gasteiger partial charge in [-0.05, 0) is 0 Å². The van der Waals surface area contributed by atoms with Crippen LogP contribution in [-0.4, -0.2) is 32.5 Å². The summed E-state index contributed by atoms with van der Waals surface area (Å²) in [7, 11) is 0. The van der Waals surface area contributed by atoms with Gasteiger partial charge in [0.1, 0.15) is 10.3 Å². The molecule has 1 fully saturated rings. The van der Waals surface area contributed by atoms with Crippen molar-refractivity contribution < 1.29 is 14.4 Å². The Hall–Kier alpha value is -2.26. The van der Waals surface area contributed by atoms with Crippen LogP contribution >= 0.6 is 23.1 Å². The van der Waals surface area contributed by atoms with E-state index in [4.69, 9.17) is 0 Å². The van der Waals surface area contributed by atoms with Crippen molar-refractivity contribution in [1.29, 1.82) is 0 Å². The molecular formula is C13H10N4O3S2. The van der Waals surface area contributed by atoms with Crippen LogP contribution in [0.5, 0.6) is 0 Å². The monoisotopic (exact) mass is 334 g/mol. The summed E-state index contributed by atoms with van der Waals surface area (Å²) in [5.74, 6) is -0.814. The Balaban J connectivity index is 1.62. The predicted molar refractivity (Wildman–Crippen MR) is 83.5 cm³/mol. The molecule has 1 unspecified atom stereocenters. The molecule has 1 aliphatic heterocycles. The SMILES string of the molecule is O=C(CC1SC(=O)NC1=O)Nc1nnc(-c2ccccc2)s1. The number of hydrogen-bond donors (Lipinski definition) is 2. The summed E-state index contributed by atoms with van der Waals surface area (Å²) in [6.07, 6.45) is -0.0809. The van der Waals surface area contributed by atoms with Crippen LogP contribution in [0.25, 0.3) is 10.6 Å². The lowest BCUT2D eigenvalue weighted by Gasteiger charge is -2.03. The van der Waals surface area contributed by atoms with Gasteiger partial charge in [0.25, 0.3) is 5.24 Å². The van der Waals surface area contributed by atoms with E-state index in [1.807, 2.05) is 30.3 Å². The van der Waals surface area contributed by atoms with E-state index in [2.05, 4.69) is 20.8 Å². The number of nitrogens with one attached hydrogen (secondary N) is 2. The highest BCUT2D eigenvalue weighted by atomic mass is 32.2. The number of imide groups is 1. The molecule has 22 heavy (non-hydrogen) atoms. The molecule has 1 atom stereocenters. The first kappa shape index (κ1) is 14.7. The average Bonchev–Trinajstić information content (AvgIpc) is 3.07. The molecule has 2 heterocycles. The Morgan fingerprint density at radius 2 is 2.00 bits per heavy atom. The lowest BCUT2D eigenvalue weighted by atomic mass is 10.2.